The van der Waals surface area contributed by atoms with Crippen molar-refractivity contribution in [1.29, 1.82) is 0 Å². The molecule has 0 aliphatic carbocycles. The van der Waals surface area contributed by atoms with Gasteiger partial charge >= 0.3 is 0 Å². The average Bonchev–Trinajstić information content (AvgIpc) is 3.13. The van der Waals surface area contributed by atoms with Gasteiger partial charge in [-0.2, -0.15) is 0 Å². The summed E-state index contributed by atoms with van der Waals surface area (Å²) in [4.78, 5) is 0. The molecule has 1 heterocycles. The van der Waals surface area contributed by atoms with Gasteiger partial charge in [0.15, 0.2) is 11.5 Å². The molecule has 0 bridgehead atoms. The molecule has 0 atom stereocenters. The summed E-state index contributed by atoms with van der Waals surface area (Å²) in [5.41, 5.74) is 2.98. The fraction of sp³-hybridized carbons (Fsp3) is 0.364. The topological polar surface area (TPSA) is 57.4 Å². The van der Waals surface area contributed by atoms with Crippen molar-refractivity contribution in [2.75, 3.05) is 13.2 Å². The van der Waals surface area contributed by atoms with Gasteiger partial charge in [0, 0.05) is 5.56 Å². The second-order valence-electron chi connectivity index (χ2n) is 7.24. The predicted octanol–water partition coefficient (Wildman–Crippen LogP) is 5.50. The third kappa shape index (κ3) is 4.13. The van der Waals surface area contributed by atoms with Gasteiger partial charge in [0.2, 0.25) is 5.89 Å². The fourth-order valence-electron chi connectivity index (χ4n) is 2.81. The van der Waals surface area contributed by atoms with Crippen LogP contribution in [0.2, 0.25) is 0 Å². The van der Waals surface area contributed by atoms with E-state index in [2.05, 4.69) is 43.1 Å². The van der Waals surface area contributed by atoms with Gasteiger partial charge in [-0.3, -0.25) is 0 Å². The standard InChI is InChI=1S/C22H26N2O3/c1-6-25-18-10-8-9-17(19(18)26-7-2)21-24-23-20(27-21)15-11-13-16(14-12-15)22(3,4)5/h8-14H,6-7H2,1-5H3. The summed E-state index contributed by atoms with van der Waals surface area (Å²) in [5, 5.41) is 8.44. The van der Waals surface area contributed by atoms with E-state index in [1.807, 2.05) is 44.2 Å². The number of hydrogen-bond acceptors (Lipinski definition) is 5. The second kappa shape index (κ2) is 7.82. The maximum absolute atomic E-state index is 5.94. The lowest BCUT2D eigenvalue weighted by Gasteiger charge is -2.18. The molecule has 1 aromatic heterocycles. The molecule has 3 aromatic rings. The van der Waals surface area contributed by atoms with E-state index >= 15 is 0 Å². The van der Waals surface area contributed by atoms with Crippen LogP contribution < -0.4 is 9.47 Å². The quantitative estimate of drug-likeness (QED) is 0.576. The Labute approximate surface area is 160 Å². The van der Waals surface area contributed by atoms with Crippen LogP contribution in [0.5, 0.6) is 11.5 Å². The Hall–Kier alpha value is -2.82. The summed E-state index contributed by atoms with van der Waals surface area (Å²) in [7, 11) is 0. The van der Waals surface area contributed by atoms with Crippen LogP contribution in [0.15, 0.2) is 46.9 Å². The Morgan fingerprint density at radius 3 is 2.15 bits per heavy atom. The van der Waals surface area contributed by atoms with E-state index in [1.54, 1.807) is 0 Å². The molecule has 0 unspecified atom stereocenters. The van der Waals surface area contributed by atoms with Gasteiger partial charge in [0.05, 0.1) is 18.8 Å². The van der Waals surface area contributed by atoms with Crippen LogP contribution in [-0.4, -0.2) is 23.4 Å². The lowest BCUT2D eigenvalue weighted by molar-refractivity contribution is 0.288. The van der Waals surface area contributed by atoms with Crippen molar-refractivity contribution in [2.45, 2.75) is 40.0 Å². The highest BCUT2D eigenvalue weighted by Gasteiger charge is 2.19. The summed E-state index contributed by atoms with van der Waals surface area (Å²) in [6, 6.07) is 13.9. The largest absolute Gasteiger partial charge is 0.490 e. The highest BCUT2D eigenvalue weighted by molar-refractivity contribution is 5.68. The first-order valence-corrected chi connectivity index (χ1v) is 9.27. The molecule has 142 valence electrons. The monoisotopic (exact) mass is 366 g/mol. The van der Waals surface area contributed by atoms with Gasteiger partial charge in [0.25, 0.3) is 5.89 Å². The third-order valence-electron chi connectivity index (χ3n) is 4.22. The Balaban J connectivity index is 1.95. The normalized spacial score (nSPS) is 11.4. The number of ether oxygens (including phenoxy) is 2. The molecule has 0 radical (unpaired) electrons. The predicted molar refractivity (Wildman–Crippen MR) is 106 cm³/mol. The molecule has 5 nitrogen and oxygen atoms in total. The highest BCUT2D eigenvalue weighted by Crippen LogP contribution is 2.38. The van der Waals surface area contributed by atoms with Gasteiger partial charge in [-0.1, -0.05) is 39.0 Å². The smallest absolute Gasteiger partial charge is 0.252 e. The van der Waals surface area contributed by atoms with E-state index in [0.29, 0.717) is 36.5 Å². The molecule has 0 fully saturated rings. The van der Waals surface area contributed by atoms with Crippen LogP contribution in [0.1, 0.15) is 40.2 Å². The van der Waals surface area contributed by atoms with Crippen molar-refractivity contribution < 1.29 is 13.9 Å². The molecule has 0 saturated carbocycles. The zero-order valence-corrected chi connectivity index (χ0v) is 16.6. The van der Waals surface area contributed by atoms with Crippen LogP contribution in [0.3, 0.4) is 0 Å². The summed E-state index contributed by atoms with van der Waals surface area (Å²) < 4.78 is 17.4. The molecule has 0 amide bonds. The molecule has 0 saturated heterocycles. The van der Waals surface area contributed by atoms with E-state index in [0.717, 1.165) is 11.1 Å². The van der Waals surface area contributed by atoms with Crippen molar-refractivity contribution in [3.63, 3.8) is 0 Å². The molecule has 0 N–H and O–H groups in total. The van der Waals surface area contributed by atoms with Crippen molar-refractivity contribution in [3.05, 3.63) is 48.0 Å². The Bertz CT molecular complexity index is 893. The minimum atomic E-state index is 0.102. The average molecular weight is 366 g/mol. The number of para-hydroxylation sites is 1. The summed E-state index contributed by atoms with van der Waals surface area (Å²) >= 11 is 0. The first kappa shape index (κ1) is 19.0. The van der Waals surface area contributed by atoms with E-state index in [-0.39, 0.29) is 5.41 Å². The third-order valence-corrected chi connectivity index (χ3v) is 4.22. The van der Waals surface area contributed by atoms with Crippen molar-refractivity contribution >= 4 is 0 Å². The van der Waals surface area contributed by atoms with Gasteiger partial charge in [-0.25, -0.2) is 0 Å². The number of aromatic nitrogens is 2. The lowest BCUT2D eigenvalue weighted by Crippen LogP contribution is -2.10. The van der Waals surface area contributed by atoms with Gasteiger partial charge in [-0.05, 0) is 49.1 Å². The first-order chi connectivity index (χ1) is 12.9. The summed E-state index contributed by atoms with van der Waals surface area (Å²) in [6.45, 7) is 11.5. The maximum Gasteiger partial charge on any atom is 0.252 e. The molecule has 5 heteroatoms. The fourth-order valence-corrected chi connectivity index (χ4v) is 2.81. The minimum absolute atomic E-state index is 0.102. The zero-order valence-electron chi connectivity index (χ0n) is 16.6. The Kier molecular flexibility index (Phi) is 5.49. The van der Waals surface area contributed by atoms with Gasteiger partial charge < -0.3 is 13.9 Å². The van der Waals surface area contributed by atoms with Gasteiger partial charge in [-0.15, -0.1) is 10.2 Å². The molecule has 0 aliphatic rings. The SMILES string of the molecule is CCOc1cccc(-c2nnc(-c3ccc(C(C)(C)C)cc3)o2)c1OCC. The number of benzene rings is 2. The van der Waals surface area contributed by atoms with Crippen LogP contribution >= 0.6 is 0 Å². The van der Waals surface area contributed by atoms with Crippen LogP contribution in [0.25, 0.3) is 22.9 Å². The van der Waals surface area contributed by atoms with Crippen molar-refractivity contribution in [1.82, 2.24) is 10.2 Å². The molecule has 3 rings (SSSR count). The Morgan fingerprint density at radius 1 is 0.852 bits per heavy atom. The summed E-state index contributed by atoms with van der Waals surface area (Å²) in [5.74, 6) is 2.19. The maximum atomic E-state index is 5.94. The van der Waals surface area contributed by atoms with E-state index < -0.39 is 0 Å². The van der Waals surface area contributed by atoms with Crippen molar-refractivity contribution in [3.8, 4) is 34.4 Å². The number of hydrogen-bond donors (Lipinski definition) is 0. The highest BCUT2D eigenvalue weighted by atomic mass is 16.5. The minimum Gasteiger partial charge on any atom is -0.490 e. The van der Waals surface area contributed by atoms with Gasteiger partial charge in [0.1, 0.15) is 0 Å². The van der Waals surface area contributed by atoms with Crippen molar-refractivity contribution in [2.24, 2.45) is 0 Å². The lowest BCUT2D eigenvalue weighted by atomic mass is 9.87. The summed E-state index contributed by atoms with van der Waals surface area (Å²) in [6.07, 6.45) is 0. The molecule has 2 aromatic carbocycles. The molecular formula is C22H26N2O3. The second-order valence-corrected chi connectivity index (χ2v) is 7.24. The number of rotatable bonds is 6. The number of nitrogens with zero attached hydrogens (tertiary/aromatic N) is 2. The molecule has 0 aliphatic heterocycles. The molecule has 27 heavy (non-hydrogen) atoms. The first-order valence-electron chi connectivity index (χ1n) is 9.27. The van der Waals surface area contributed by atoms with E-state index in [9.17, 15) is 0 Å². The van der Waals surface area contributed by atoms with Crippen LogP contribution in [0, 0.1) is 0 Å². The van der Waals surface area contributed by atoms with Crippen LogP contribution in [0.4, 0.5) is 0 Å². The van der Waals surface area contributed by atoms with E-state index in [1.165, 1.54) is 5.56 Å². The Morgan fingerprint density at radius 2 is 1.52 bits per heavy atom. The molecular weight excluding hydrogens is 340 g/mol. The van der Waals surface area contributed by atoms with Crippen LogP contribution in [-0.2, 0) is 5.41 Å². The van der Waals surface area contributed by atoms with E-state index in [4.69, 9.17) is 13.9 Å². The zero-order chi connectivity index (χ0) is 19.4. The molecule has 0 spiro atoms.